The van der Waals surface area contributed by atoms with Crippen molar-refractivity contribution in [2.75, 3.05) is 31.6 Å². The fraction of sp³-hybridized carbons (Fsp3) is 0.541. The van der Waals surface area contributed by atoms with Gasteiger partial charge in [-0.25, -0.2) is 14.2 Å². The van der Waals surface area contributed by atoms with Crippen molar-refractivity contribution in [1.29, 1.82) is 0 Å². The maximum absolute atomic E-state index is 15.9. The van der Waals surface area contributed by atoms with E-state index in [-0.39, 0.29) is 36.5 Å². The number of hydrogen-bond donors (Lipinski definition) is 0. The zero-order chi connectivity index (χ0) is 35.0. The Labute approximate surface area is 287 Å². The molecule has 48 heavy (non-hydrogen) atoms. The molecule has 0 spiro atoms. The Morgan fingerprint density at radius 1 is 1.02 bits per heavy atom. The van der Waals surface area contributed by atoms with Crippen molar-refractivity contribution in [3.05, 3.63) is 63.3 Å². The summed E-state index contributed by atoms with van der Waals surface area (Å²) in [5.41, 5.74) is 4.21. The second kappa shape index (κ2) is 14.0. The summed E-state index contributed by atoms with van der Waals surface area (Å²) in [4.78, 5) is 34.3. The number of methoxy groups -OCH3 is 1. The van der Waals surface area contributed by atoms with Crippen LogP contribution in [0.15, 0.2) is 29.6 Å². The molecule has 0 unspecified atom stereocenters. The normalized spacial score (nSPS) is 18.4. The number of piperidine rings is 1. The van der Waals surface area contributed by atoms with Crippen LogP contribution in [0.3, 0.4) is 0 Å². The highest BCUT2D eigenvalue weighted by atomic mass is 32.1. The number of hydrogen-bond acceptors (Lipinski definition) is 9. The lowest BCUT2D eigenvalue weighted by Gasteiger charge is -2.37. The third-order valence-electron chi connectivity index (χ3n) is 8.60. The number of esters is 1. The number of ether oxygens (including phenoxy) is 4. The molecule has 260 valence electrons. The third-order valence-corrected chi connectivity index (χ3v) is 9.51. The van der Waals surface area contributed by atoms with Crippen LogP contribution in [0.2, 0.25) is 0 Å². The number of amides is 1. The average Bonchev–Trinajstić information content (AvgIpc) is 3.50. The smallest absolute Gasteiger partial charge is 0.410 e. The van der Waals surface area contributed by atoms with Crippen LogP contribution in [0.25, 0.3) is 11.3 Å². The van der Waals surface area contributed by atoms with Crippen LogP contribution in [-0.2, 0) is 38.6 Å². The second-order valence-corrected chi connectivity index (χ2v) is 15.5. The number of aromatic nitrogens is 1. The summed E-state index contributed by atoms with van der Waals surface area (Å²) in [7, 11) is 1.63. The highest BCUT2D eigenvalue weighted by Gasteiger charge is 2.38. The molecule has 0 saturated carbocycles. The lowest BCUT2D eigenvalue weighted by atomic mass is 9.92. The molecule has 1 aromatic heterocycles. The summed E-state index contributed by atoms with van der Waals surface area (Å²) >= 11 is 1.53. The summed E-state index contributed by atoms with van der Waals surface area (Å²) in [6.45, 7) is 17.0. The van der Waals surface area contributed by atoms with Gasteiger partial charge in [-0.15, -0.1) is 11.3 Å². The number of anilines is 1. The number of halogens is 1. The van der Waals surface area contributed by atoms with E-state index in [4.69, 9.17) is 23.9 Å². The molecule has 0 radical (unpaired) electrons. The summed E-state index contributed by atoms with van der Waals surface area (Å²) in [6, 6.07) is 7.71. The van der Waals surface area contributed by atoms with E-state index in [2.05, 4.69) is 4.90 Å². The van der Waals surface area contributed by atoms with Gasteiger partial charge in [0.05, 0.1) is 17.7 Å². The summed E-state index contributed by atoms with van der Waals surface area (Å²) in [5.74, 6) is -0.200. The minimum absolute atomic E-state index is 0.0538. The molecule has 11 heteroatoms. The predicted molar refractivity (Wildman–Crippen MR) is 185 cm³/mol. The van der Waals surface area contributed by atoms with Crippen LogP contribution in [0.5, 0.6) is 5.75 Å². The largest absolute Gasteiger partial charge is 0.488 e. The van der Waals surface area contributed by atoms with Crippen molar-refractivity contribution in [1.82, 2.24) is 9.88 Å². The molecule has 2 atom stereocenters. The fourth-order valence-corrected chi connectivity index (χ4v) is 7.13. The van der Waals surface area contributed by atoms with Crippen molar-refractivity contribution < 1.29 is 32.9 Å². The lowest BCUT2D eigenvalue weighted by molar-refractivity contribution is -0.165. The number of rotatable bonds is 7. The van der Waals surface area contributed by atoms with Crippen molar-refractivity contribution in [2.45, 2.75) is 98.7 Å². The first-order valence-corrected chi connectivity index (χ1v) is 17.4. The number of carbonyl (C=O) groups is 2. The topological polar surface area (TPSA) is 90.4 Å². The van der Waals surface area contributed by atoms with Crippen LogP contribution in [-0.4, -0.2) is 66.0 Å². The van der Waals surface area contributed by atoms with Gasteiger partial charge in [0, 0.05) is 49.8 Å². The molecule has 1 amide bonds. The van der Waals surface area contributed by atoms with Gasteiger partial charge in [-0.05, 0) is 103 Å². The maximum Gasteiger partial charge on any atom is 0.410 e. The zero-order valence-corrected chi connectivity index (χ0v) is 30.4. The van der Waals surface area contributed by atoms with Crippen molar-refractivity contribution in [3.8, 4) is 17.0 Å². The van der Waals surface area contributed by atoms with Crippen LogP contribution in [0.1, 0.15) is 75.8 Å². The van der Waals surface area contributed by atoms with Crippen molar-refractivity contribution in [2.24, 2.45) is 5.92 Å². The molecule has 0 N–H and O–H groups in total. The quantitative estimate of drug-likeness (QED) is 0.235. The first-order chi connectivity index (χ1) is 22.5. The van der Waals surface area contributed by atoms with E-state index in [0.29, 0.717) is 55.9 Å². The molecule has 0 bridgehead atoms. The van der Waals surface area contributed by atoms with E-state index >= 15 is 4.39 Å². The van der Waals surface area contributed by atoms with Gasteiger partial charge in [0.15, 0.2) is 5.13 Å². The Kier molecular flexibility index (Phi) is 10.4. The average molecular weight is 682 g/mol. The van der Waals surface area contributed by atoms with Crippen LogP contribution in [0.4, 0.5) is 14.3 Å². The summed E-state index contributed by atoms with van der Waals surface area (Å²) in [5, 5.41) is 2.83. The third kappa shape index (κ3) is 8.11. The van der Waals surface area contributed by atoms with Crippen LogP contribution < -0.4 is 9.64 Å². The van der Waals surface area contributed by atoms with E-state index in [1.807, 2.05) is 85.0 Å². The van der Waals surface area contributed by atoms with E-state index in [0.717, 1.165) is 33.1 Å². The molecule has 1 fully saturated rings. The Bertz CT molecular complexity index is 1660. The molecule has 2 aromatic carbocycles. The minimum Gasteiger partial charge on any atom is -0.488 e. The number of thiazole rings is 1. The second-order valence-electron chi connectivity index (χ2n) is 14.7. The number of nitrogens with zero attached hydrogens (tertiary/aromatic N) is 3. The van der Waals surface area contributed by atoms with Gasteiger partial charge in [-0.2, -0.15) is 0 Å². The number of fused-ring (bicyclic) bond motifs is 1. The predicted octanol–water partition coefficient (Wildman–Crippen LogP) is 7.62. The number of para-hydroxylation sites is 1. The highest BCUT2D eigenvalue weighted by molar-refractivity contribution is 7.14. The zero-order valence-electron chi connectivity index (χ0n) is 29.6. The molecule has 0 aliphatic carbocycles. The van der Waals surface area contributed by atoms with E-state index in [1.165, 1.54) is 11.3 Å². The number of aryl methyl sites for hydroxylation is 2. The van der Waals surface area contributed by atoms with Gasteiger partial charge < -0.3 is 28.7 Å². The molecular weight excluding hydrogens is 633 g/mol. The summed E-state index contributed by atoms with van der Waals surface area (Å²) < 4.78 is 39.2. The van der Waals surface area contributed by atoms with Gasteiger partial charge in [0.1, 0.15) is 29.4 Å². The SMILES string of the molecule is CO[C@H]1CN(c2nc(-c3cccc(C)c3OCc3cc(C)c4c(c3F)CCN(C(=O)OC(C)(C)C)C4)cs2)CC[C@H]1C(=O)OC(C)(C)C. The van der Waals surface area contributed by atoms with E-state index in [1.54, 1.807) is 12.0 Å². The van der Waals surface area contributed by atoms with Gasteiger partial charge in [-0.3, -0.25) is 4.79 Å². The minimum atomic E-state index is -0.596. The Morgan fingerprint density at radius 3 is 2.44 bits per heavy atom. The molecule has 3 heterocycles. The molecule has 3 aromatic rings. The first kappa shape index (κ1) is 35.6. The Balaban J connectivity index is 1.30. The number of benzene rings is 2. The standard InChI is InChI=1S/C37H48FN3O6S/c1-22-11-10-12-26(29-21-48-34(39-29)40-15-14-27(30(19-40)44-9)33(42)46-36(3,4)5)32(22)45-20-24-17-23(2)28-18-41(16-13-25(28)31(24)38)35(43)47-37(6,7)8/h10-12,17,21,27,30H,13-16,18-20H2,1-9H3/t27-,30+/m1/s1. The molecule has 2 aliphatic heterocycles. The number of carbonyl (C=O) groups excluding carboxylic acids is 2. The van der Waals surface area contributed by atoms with Crippen molar-refractivity contribution in [3.63, 3.8) is 0 Å². The van der Waals surface area contributed by atoms with Gasteiger partial charge >= 0.3 is 12.1 Å². The van der Waals surface area contributed by atoms with Crippen LogP contribution in [0, 0.1) is 25.6 Å². The molecular formula is C37H48FN3O6S. The monoisotopic (exact) mass is 681 g/mol. The fourth-order valence-electron chi connectivity index (χ4n) is 6.27. The van der Waals surface area contributed by atoms with Gasteiger partial charge in [-0.1, -0.05) is 12.1 Å². The first-order valence-electron chi connectivity index (χ1n) is 16.5. The van der Waals surface area contributed by atoms with E-state index < -0.39 is 11.2 Å². The summed E-state index contributed by atoms with van der Waals surface area (Å²) in [6.07, 6.45) is 0.313. The lowest BCUT2D eigenvalue weighted by Crippen LogP contribution is -2.49. The van der Waals surface area contributed by atoms with E-state index in [9.17, 15) is 9.59 Å². The Hall–Kier alpha value is -3.70. The van der Waals surface area contributed by atoms with Gasteiger partial charge in [0.2, 0.25) is 0 Å². The maximum atomic E-state index is 15.9. The van der Waals surface area contributed by atoms with Crippen molar-refractivity contribution >= 4 is 28.5 Å². The molecule has 5 rings (SSSR count). The van der Waals surface area contributed by atoms with Crippen LogP contribution >= 0.6 is 11.3 Å². The van der Waals surface area contributed by atoms with Gasteiger partial charge in [0.25, 0.3) is 0 Å². The highest BCUT2D eigenvalue weighted by Crippen LogP contribution is 2.38. The molecule has 2 aliphatic rings. The Morgan fingerprint density at radius 2 is 1.75 bits per heavy atom. The molecule has 9 nitrogen and oxygen atoms in total. The molecule has 1 saturated heterocycles.